The molecule has 2 unspecified atom stereocenters. The molecule has 0 aromatic heterocycles. The topological polar surface area (TPSA) is 26.0 Å². The zero-order chi connectivity index (χ0) is 9.19. The van der Waals surface area contributed by atoms with Crippen molar-refractivity contribution in [3.8, 4) is 0 Å². The molecule has 0 saturated heterocycles. The molecule has 1 heteroatoms. The lowest BCUT2D eigenvalue weighted by atomic mass is 9.75. The molecule has 12 heavy (non-hydrogen) atoms. The molecule has 0 amide bonds. The quantitative estimate of drug-likeness (QED) is 0.690. The summed E-state index contributed by atoms with van der Waals surface area (Å²) in [6.07, 6.45) is 6.69. The standard InChI is InChI=1S/C11H23N/c1-4-9(2)10(12)11(3)7-5-6-8-11/h9-10H,4-8,12H2,1-3H3. The van der Waals surface area contributed by atoms with Crippen molar-refractivity contribution in [1.29, 1.82) is 0 Å². The molecule has 1 nitrogen and oxygen atoms in total. The van der Waals surface area contributed by atoms with Crippen LogP contribution in [0.5, 0.6) is 0 Å². The number of nitrogens with two attached hydrogens (primary N) is 1. The molecule has 0 aliphatic heterocycles. The van der Waals surface area contributed by atoms with Gasteiger partial charge in [-0.2, -0.15) is 0 Å². The SMILES string of the molecule is CCC(C)C(N)C1(C)CCCC1. The fraction of sp³-hybridized carbons (Fsp3) is 1.00. The summed E-state index contributed by atoms with van der Waals surface area (Å²) < 4.78 is 0. The molecule has 0 aromatic rings. The minimum atomic E-state index is 0.421. The Balaban J connectivity index is 2.54. The van der Waals surface area contributed by atoms with E-state index in [9.17, 15) is 0 Å². The van der Waals surface area contributed by atoms with Gasteiger partial charge in [-0.15, -0.1) is 0 Å². The van der Waals surface area contributed by atoms with Gasteiger partial charge in [-0.25, -0.2) is 0 Å². The highest BCUT2D eigenvalue weighted by Gasteiger charge is 2.36. The lowest BCUT2D eigenvalue weighted by molar-refractivity contribution is 0.202. The molecule has 1 aliphatic carbocycles. The van der Waals surface area contributed by atoms with Crippen LogP contribution in [-0.4, -0.2) is 6.04 Å². The van der Waals surface area contributed by atoms with Crippen molar-refractivity contribution < 1.29 is 0 Å². The molecule has 1 fully saturated rings. The Hall–Kier alpha value is -0.0400. The summed E-state index contributed by atoms with van der Waals surface area (Å²) in [5.74, 6) is 0.688. The molecule has 0 bridgehead atoms. The average Bonchev–Trinajstić information content (AvgIpc) is 2.50. The Labute approximate surface area is 76.7 Å². The third kappa shape index (κ3) is 1.82. The van der Waals surface area contributed by atoms with Crippen LogP contribution in [-0.2, 0) is 0 Å². The number of hydrogen-bond acceptors (Lipinski definition) is 1. The normalized spacial score (nSPS) is 27.0. The van der Waals surface area contributed by atoms with Crippen molar-refractivity contribution in [2.24, 2.45) is 17.1 Å². The van der Waals surface area contributed by atoms with Crippen molar-refractivity contribution in [1.82, 2.24) is 0 Å². The smallest absolute Gasteiger partial charge is 0.0119 e. The van der Waals surface area contributed by atoms with Crippen molar-refractivity contribution >= 4 is 0 Å². The second-order valence-corrected chi connectivity index (χ2v) is 4.77. The summed E-state index contributed by atoms with van der Waals surface area (Å²) in [6.45, 7) is 6.90. The molecule has 2 N–H and O–H groups in total. The van der Waals surface area contributed by atoms with Crippen LogP contribution in [0.3, 0.4) is 0 Å². The molecule has 0 aromatic carbocycles. The first kappa shape index (κ1) is 10.0. The molecule has 1 saturated carbocycles. The van der Waals surface area contributed by atoms with E-state index in [4.69, 9.17) is 5.73 Å². The van der Waals surface area contributed by atoms with Crippen molar-refractivity contribution in [2.45, 2.75) is 58.9 Å². The first-order chi connectivity index (χ1) is 5.60. The zero-order valence-electron chi connectivity index (χ0n) is 8.77. The fourth-order valence-electron chi connectivity index (χ4n) is 2.46. The van der Waals surface area contributed by atoms with Crippen LogP contribution in [0.4, 0.5) is 0 Å². The van der Waals surface area contributed by atoms with Crippen molar-refractivity contribution in [3.05, 3.63) is 0 Å². The van der Waals surface area contributed by atoms with Crippen molar-refractivity contribution in [3.63, 3.8) is 0 Å². The molecule has 0 spiro atoms. The average molecular weight is 169 g/mol. The molecule has 0 heterocycles. The molecule has 0 radical (unpaired) electrons. The van der Waals surface area contributed by atoms with Gasteiger partial charge in [0.1, 0.15) is 0 Å². The van der Waals surface area contributed by atoms with Gasteiger partial charge in [-0.1, -0.05) is 40.0 Å². The predicted octanol–water partition coefficient (Wildman–Crippen LogP) is 2.94. The van der Waals surface area contributed by atoms with E-state index in [0.717, 1.165) is 0 Å². The van der Waals surface area contributed by atoms with Gasteiger partial charge >= 0.3 is 0 Å². The van der Waals surface area contributed by atoms with Gasteiger partial charge in [-0.3, -0.25) is 0 Å². The van der Waals surface area contributed by atoms with E-state index in [0.29, 0.717) is 17.4 Å². The molecule has 72 valence electrons. The van der Waals surface area contributed by atoms with Gasteiger partial charge < -0.3 is 5.73 Å². The first-order valence-electron chi connectivity index (χ1n) is 5.36. The molecular weight excluding hydrogens is 146 g/mol. The zero-order valence-corrected chi connectivity index (χ0v) is 8.77. The summed E-state index contributed by atoms with van der Waals surface area (Å²) in [5, 5.41) is 0. The number of rotatable bonds is 3. The van der Waals surface area contributed by atoms with Gasteiger partial charge in [0.15, 0.2) is 0 Å². The summed E-state index contributed by atoms with van der Waals surface area (Å²) >= 11 is 0. The summed E-state index contributed by atoms with van der Waals surface area (Å²) in [7, 11) is 0. The highest BCUT2D eigenvalue weighted by atomic mass is 14.7. The largest absolute Gasteiger partial charge is 0.327 e. The minimum Gasteiger partial charge on any atom is -0.327 e. The molecule has 1 aliphatic rings. The Morgan fingerprint density at radius 2 is 1.83 bits per heavy atom. The highest BCUT2D eigenvalue weighted by Crippen LogP contribution is 2.42. The van der Waals surface area contributed by atoms with E-state index < -0.39 is 0 Å². The second-order valence-electron chi connectivity index (χ2n) is 4.77. The third-order valence-corrected chi connectivity index (χ3v) is 3.81. The maximum absolute atomic E-state index is 6.27. The van der Waals surface area contributed by atoms with Crippen LogP contribution < -0.4 is 5.73 Å². The van der Waals surface area contributed by atoms with Crippen LogP contribution in [0.25, 0.3) is 0 Å². The van der Waals surface area contributed by atoms with E-state index in [-0.39, 0.29) is 0 Å². The molecule has 1 rings (SSSR count). The van der Waals surface area contributed by atoms with E-state index >= 15 is 0 Å². The summed E-state index contributed by atoms with van der Waals surface area (Å²) in [4.78, 5) is 0. The van der Waals surface area contributed by atoms with Crippen LogP contribution >= 0.6 is 0 Å². The Morgan fingerprint density at radius 3 is 2.25 bits per heavy atom. The third-order valence-electron chi connectivity index (χ3n) is 3.81. The van der Waals surface area contributed by atoms with Gasteiger partial charge in [0.05, 0.1) is 0 Å². The predicted molar refractivity (Wildman–Crippen MR) is 54.0 cm³/mol. The fourth-order valence-corrected chi connectivity index (χ4v) is 2.46. The van der Waals surface area contributed by atoms with Gasteiger partial charge in [-0.05, 0) is 24.2 Å². The highest BCUT2D eigenvalue weighted by molar-refractivity contribution is 4.91. The lowest BCUT2D eigenvalue weighted by Gasteiger charge is -2.35. The summed E-state index contributed by atoms with van der Waals surface area (Å²) in [6, 6.07) is 0.421. The van der Waals surface area contributed by atoms with Crippen LogP contribution in [0.1, 0.15) is 52.9 Å². The summed E-state index contributed by atoms with van der Waals surface area (Å²) in [5.41, 5.74) is 6.72. The minimum absolute atomic E-state index is 0.421. The van der Waals surface area contributed by atoms with Gasteiger partial charge in [0, 0.05) is 6.04 Å². The van der Waals surface area contributed by atoms with Crippen LogP contribution in [0, 0.1) is 11.3 Å². The lowest BCUT2D eigenvalue weighted by Crippen LogP contribution is -2.42. The Bertz CT molecular complexity index is 136. The second kappa shape index (κ2) is 3.78. The Kier molecular flexibility index (Phi) is 3.16. The van der Waals surface area contributed by atoms with Crippen LogP contribution in [0.2, 0.25) is 0 Å². The van der Waals surface area contributed by atoms with Gasteiger partial charge in [0.25, 0.3) is 0 Å². The van der Waals surface area contributed by atoms with Crippen LogP contribution in [0.15, 0.2) is 0 Å². The van der Waals surface area contributed by atoms with Crippen molar-refractivity contribution in [2.75, 3.05) is 0 Å². The maximum Gasteiger partial charge on any atom is 0.0119 e. The molecule has 2 atom stereocenters. The monoisotopic (exact) mass is 169 g/mol. The number of hydrogen-bond donors (Lipinski definition) is 1. The molecular formula is C11H23N. The maximum atomic E-state index is 6.27. The van der Waals surface area contributed by atoms with E-state index in [1.807, 2.05) is 0 Å². The van der Waals surface area contributed by atoms with Gasteiger partial charge in [0.2, 0.25) is 0 Å². The van der Waals surface area contributed by atoms with E-state index in [1.165, 1.54) is 32.1 Å². The first-order valence-corrected chi connectivity index (χ1v) is 5.36. The Morgan fingerprint density at radius 1 is 1.33 bits per heavy atom. The van der Waals surface area contributed by atoms with E-state index in [1.54, 1.807) is 0 Å². The van der Waals surface area contributed by atoms with E-state index in [2.05, 4.69) is 20.8 Å².